The zero-order valence-corrected chi connectivity index (χ0v) is 15.8. The smallest absolute Gasteiger partial charge is 0.227 e. The van der Waals surface area contributed by atoms with E-state index in [9.17, 15) is 9.59 Å². The lowest BCUT2D eigenvalue weighted by atomic mass is 10.1. The molecular weight excluding hydrogens is 332 g/mol. The monoisotopic (exact) mass is 356 g/mol. The molecule has 0 saturated carbocycles. The van der Waals surface area contributed by atoms with Crippen molar-refractivity contribution in [3.05, 3.63) is 51.7 Å². The summed E-state index contributed by atoms with van der Waals surface area (Å²) in [5, 5.41) is 1.92. The van der Waals surface area contributed by atoms with Gasteiger partial charge in [0.25, 0.3) is 0 Å². The molecule has 1 aliphatic heterocycles. The Kier molecular flexibility index (Phi) is 5.23. The number of rotatable bonds is 4. The van der Waals surface area contributed by atoms with Crippen LogP contribution in [0.25, 0.3) is 0 Å². The summed E-state index contributed by atoms with van der Waals surface area (Å²) in [5.74, 6) is 0.203. The fraction of sp³-hybridized carbons (Fsp3) is 0.400. The number of Topliss-reactive ketones (excluding diaryl/α,β-unsaturated/α-hetero) is 1. The van der Waals surface area contributed by atoms with E-state index in [-0.39, 0.29) is 17.7 Å². The minimum absolute atomic E-state index is 0.0592. The maximum atomic E-state index is 12.7. The Hall–Kier alpha value is -2.14. The second-order valence-electron chi connectivity index (χ2n) is 6.72. The molecule has 0 bridgehead atoms. The van der Waals surface area contributed by atoms with Crippen molar-refractivity contribution in [2.24, 2.45) is 0 Å². The molecule has 0 unspecified atom stereocenters. The minimum Gasteiger partial charge on any atom is -0.367 e. The van der Waals surface area contributed by atoms with Crippen LogP contribution in [0.2, 0.25) is 0 Å². The van der Waals surface area contributed by atoms with Gasteiger partial charge in [-0.15, -0.1) is 11.3 Å². The molecule has 1 fully saturated rings. The van der Waals surface area contributed by atoms with Crippen molar-refractivity contribution >= 4 is 28.7 Å². The van der Waals surface area contributed by atoms with Gasteiger partial charge in [-0.1, -0.05) is 18.2 Å². The molecule has 1 saturated heterocycles. The second kappa shape index (κ2) is 7.40. The number of amides is 1. The van der Waals surface area contributed by atoms with Crippen LogP contribution >= 0.6 is 11.3 Å². The lowest BCUT2D eigenvalue weighted by Gasteiger charge is -2.41. The van der Waals surface area contributed by atoms with E-state index in [4.69, 9.17) is 0 Å². The number of ketones is 1. The number of aryl methyl sites for hydroxylation is 1. The van der Waals surface area contributed by atoms with Gasteiger partial charge in [0.15, 0.2) is 5.78 Å². The lowest BCUT2D eigenvalue weighted by molar-refractivity contribution is -0.132. The largest absolute Gasteiger partial charge is 0.367 e. The Bertz CT molecular complexity index is 784. The van der Waals surface area contributed by atoms with Gasteiger partial charge >= 0.3 is 0 Å². The van der Waals surface area contributed by atoms with Crippen LogP contribution in [0.15, 0.2) is 35.7 Å². The maximum Gasteiger partial charge on any atom is 0.227 e. The van der Waals surface area contributed by atoms with E-state index in [1.807, 2.05) is 16.3 Å². The highest BCUT2D eigenvalue weighted by Crippen LogP contribution is 2.24. The highest BCUT2D eigenvalue weighted by atomic mass is 32.1. The van der Waals surface area contributed by atoms with Crippen molar-refractivity contribution in [2.45, 2.75) is 33.2 Å². The van der Waals surface area contributed by atoms with E-state index >= 15 is 0 Å². The normalized spacial score (nSPS) is 17.6. The van der Waals surface area contributed by atoms with E-state index in [1.54, 1.807) is 6.92 Å². The van der Waals surface area contributed by atoms with Crippen LogP contribution in [0.1, 0.15) is 34.6 Å². The molecule has 1 aliphatic rings. The van der Waals surface area contributed by atoms with Crippen LogP contribution in [0.3, 0.4) is 0 Å². The molecule has 25 heavy (non-hydrogen) atoms. The van der Waals surface area contributed by atoms with Crippen molar-refractivity contribution in [1.29, 1.82) is 0 Å². The molecule has 2 aromatic rings. The number of piperazine rings is 1. The van der Waals surface area contributed by atoms with Crippen LogP contribution in [-0.2, 0) is 11.2 Å². The third-order valence-electron chi connectivity index (χ3n) is 4.76. The van der Waals surface area contributed by atoms with Gasteiger partial charge in [0.05, 0.1) is 11.3 Å². The fourth-order valence-corrected chi connectivity index (χ4v) is 4.21. The van der Waals surface area contributed by atoms with Gasteiger partial charge in [-0.3, -0.25) is 9.59 Å². The van der Waals surface area contributed by atoms with Crippen LogP contribution in [0.4, 0.5) is 5.69 Å². The first-order valence-corrected chi connectivity index (χ1v) is 9.52. The van der Waals surface area contributed by atoms with E-state index in [1.165, 1.54) is 22.6 Å². The summed E-state index contributed by atoms with van der Waals surface area (Å²) in [4.78, 5) is 29.2. The molecule has 0 aliphatic carbocycles. The summed E-state index contributed by atoms with van der Waals surface area (Å²) in [6.45, 7) is 8.22. The first-order valence-electron chi connectivity index (χ1n) is 8.64. The zero-order valence-electron chi connectivity index (χ0n) is 15.0. The number of carbonyl (C=O) groups excluding carboxylic acids is 2. The molecule has 1 atom stereocenters. The predicted molar refractivity (Wildman–Crippen MR) is 103 cm³/mol. The third-order valence-corrected chi connectivity index (χ3v) is 5.84. The summed E-state index contributed by atoms with van der Waals surface area (Å²) in [6.07, 6.45) is 0.373. The van der Waals surface area contributed by atoms with Crippen LogP contribution in [0, 0.1) is 6.92 Å². The van der Waals surface area contributed by atoms with E-state index < -0.39 is 0 Å². The van der Waals surface area contributed by atoms with Gasteiger partial charge in [-0.2, -0.15) is 0 Å². The summed E-state index contributed by atoms with van der Waals surface area (Å²) >= 11 is 1.42. The molecule has 0 N–H and O–H groups in total. The Morgan fingerprint density at radius 3 is 2.64 bits per heavy atom. The minimum atomic E-state index is 0.0592. The molecule has 3 rings (SSSR count). The standard InChI is InChI=1S/C20H24N2O2S/c1-14-6-4-5-7-18(14)21-8-9-22(15(2)12-21)20(24)11-17-10-19(16(3)23)25-13-17/h4-7,10,13,15H,8-9,11-12H2,1-3H3/t15-/m0/s1. The maximum absolute atomic E-state index is 12.7. The second-order valence-corrected chi connectivity index (χ2v) is 7.63. The molecule has 0 radical (unpaired) electrons. The molecule has 1 aromatic heterocycles. The number of benzene rings is 1. The number of thiophene rings is 1. The van der Waals surface area contributed by atoms with Crippen molar-refractivity contribution in [3.8, 4) is 0 Å². The predicted octanol–water partition coefficient (Wildman–Crippen LogP) is 3.54. The number of hydrogen-bond donors (Lipinski definition) is 0. The molecule has 0 spiro atoms. The van der Waals surface area contributed by atoms with E-state index in [0.29, 0.717) is 6.42 Å². The van der Waals surface area contributed by atoms with E-state index in [2.05, 4.69) is 43.0 Å². The molecule has 4 nitrogen and oxygen atoms in total. The number of anilines is 1. The van der Waals surface area contributed by atoms with Gasteiger partial charge in [-0.05, 0) is 49.4 Å². The number of carbonyl (C=O) groups is 2. The highest BCUT2D eigenvalue weighted by molar-refractivity contribution is 7.12. The molecule has 2 heterocycles. The Morgan fingerprint density at radius 2 is 2.00 bits per heavy atom. The summed E-state index contributed by atoms with van der Waals surface area (Å²) in [7, 11) is 0. The van der Waals surface area contributed by atoms with Gasteiger partial charge < -0.3 is 9.80 Å². The van der Waals surface area contributed by atoms with Gasteiger partial charge in [0, 0.05) is 31.4 Å². The van der Waals surface area contributed by atoms with Crippen molar-refractivity contribution in [1.82, 2.24) is 4.90 Å². The Morgan fingerprint density at radius 1 is 1.24 bits per heavy atom. The lowest BCUT2D eigenvalue weighted by Crippen LogP contribution is -2.54. The average molecular weight is 356 g/mol. The fourth-order valence-electron chi connectivity index (χ4n) is 3.39. The molecule has 5 heteroatoms. The first kappa shape index (κ1) is 17.7. The Balaban J connectivity index is 1.63. The molecule has 132 valence electrons. The zero-order chi connectivity index (χ0) is 18.0. The number of hydrogen-bond acceptors (Lipinski definition) is 4. The first-order chi connectivity index (χ1) is 12.0. The highest BCUT2D eigenvalue weighted by Gasteiger charge is 2.28. The van der Waals surface area contributed by atoms with Crippen LogP contribution < -0.4 is 4.90 Å². The summed E-state index contributed by atoms with van der Waals surface area (Å²) < 4.78 is 0. The third kappa shape index (κ3) is 3.93. The number of nitrogens with zero attached hydrogens (tertiary/aromatic N) is 2. The SMILES string of the molecule is CC(=O)c1cc(CC(=O)N2CCN(c3ccccc3C)C[C@@H]2C)cs1. The quantitative estimate of drug-likeness (QED) is 0.787. The van der Waals surface area contributed by atoms with Crippen LogP contribution in [-0.4, -0.2) is 42.3 Å². The van der Waals surface area contributed by atoms with Gasteiger partial charge in [-0.25, -0.2) is 0 Å². The van der Waals surface area contributed by atoms with Crippen molar-refractivity contribution in [2.75, 3.05) is 24.5 Å². The topological polar surface area (TPSA) is 40.6 Å². The van der Waals surface area contributed by atoms with E-state index in [0.717, 1.165) is 30.1 Å². The average Bonchev–Trinajstić information content (AvgIpc) is 3.04. The molecular formula is C20H24N2O2S. The molecule has 1 amide bonds. The van der Waals surface area contributed by atoms with Gasteiger partial charge in [0.2, 0.25) is 5.91 Å². The van der Waals surface area contributed by atoms with Crippen LogP contribution in [0.5, 0.6) is 0 Å². The summed E-state index contributed by atoms with van der Waals surface area (Å²) in [5.41, 5.74) is 3.46. The van der Waals surface area contributed by atoms with Crippen molar-refractivity contribution in [3.63, 3.8) is 0 Å². The Labute approximate surface area is 153 Å². The molecule has 1 aromatic carbocycles. The summed E-state index contributed by atoms with van der Waals surface area (Å²) in [6, 6.07) is 10.4. The number of para-hydroxylation sites is 1. The van der Waals surface area contributed by atoms with Crippen molar-refractivity contribution < 1.29 is 9.59 Å². The van der Waals surface area contributed by atoms with Gasteiger partial charge in [0.1, 0.15) is 0 Å².